The van der Waals surface area contributed by atoms with Crippen molar-refractivity contribution in [2.24, 2.45) is 0 Å². The Morgan fingerprint density at radius 3 is 2.52 bits per heavy atom. The standard InChI is InChI=1S/C19H23NO4S/c1-13(19(21)20(2)17-8-9-25(22,23)12-17)14-4-5-16-11-18(24-3)7-6-15(16)10-14/h4-7,10-11,13,17H,8-9,12H2,1-3H3/t13-,17+/m1/s1. The Morgan fingerprint density at radius 1 is 1.20 bits per heavy atom. The van der Waals surface area contributed by atoms with Gasteiger partial charge in [-0.2, -0.15) is 0 Å². The summed E-state index contributed by atoms with van der Waals surface area (Å²) >= 11 is 0. The van der Waals surface area contributed by atoms with Crippen LogP contribution in [0, 0.1) is 0 Å². The van der Waals surface area contributed by atoms with Crippen LogP contribution in [0.1, 0.15) is 24.8 Å². The van der Waals surface area contributed by atoms with Crippen LogP contribution < -0.4 is 4.74 Å². The van der Waals surface area contributed by atoms with Gasteiger partial charge in [0, 0.05) is 13.1 Å². The van der Waals surface area contributed by atoms with E-state index in [0.717, 1.165) is 22.1 Å². The minimum Gasteiger partial charge on any atom is -0.497 e. The highest BCUT2D eigenvalue weighted by atomic mass is 32.2. The molecule has 0 bridgehead atoms. The van der Waals surface area contributed by atoms with E-state index in [4.69, 9.17) is 4.74 Å². The molecule has 25 heavy (non-hydrogen) atoms. The third kappa shape index (κ3) is 3.63. The third-order valence-electron chi connectivity index (χ3n) is 5.05. The van der Waals surface area contributed by atoms with Crippen molar-refractivity contribution in [2.45, 2.75) is 25.3 Å². The zero-order valence-corrected chi connectivity index (χ0v) is 15.5. The number of fused-ring (bicyclic) bond motifs is 1. The van der Waals surface area contributed by atoms with Gasteiger partial charge in [-0.25, -0.2) is 8.42 Å². The first-order chi connectivity index (χ1) is 11.8. The molecule has 1 fully saturated rings. The van der Waals surface area contributed by atoms with E-state index in [1.54, 1.807) is 19.1 Å². The highest BCUT2D eigenvalue weighted by molar-refractivity contribution is 7.91. The quantitative estimate of drug-likeness (QED) is 0.840. The summed E-state index contributed by atoms with van der Waals surface area (Å²) in [5, 5.41) is 2.10. The van der Waals surface area contributed by atoms with Gasteiger partial charge in [-0.3, -0.25) is 4.79 Å². The van der Waals surface area contributed by atoms with E-state index in [1.807, 2.05) is 43.3 Å². The van der Waals surface area contributed by atoms with Crippen LogP contribution in [0.25, 0.3) is 10.8 Å². The van der Waals surface area contributed by atoms with Crippen LogP contribution in [-0.4, -0.2) is 50.9 Å². The van der Waals surface area contributed by atoms with Gasteiger partial charge in [0.2, 0.25) is 5.91 Å². The van der Waals surface area contributed by atoms with Crippen molar-refractivity contribution in [2.75, 3.05) is 25.7 Å². The Labute approximate surface area is 148 Å². The molecule has 0 spiro atoms. The first kappa shape index (κ1) is 17.7. The fourth-order valence-electron chi connectivity index (χ4n) is 3.35. The molecule has 1 saturated heterocycles. The Hall–Kier alpha value is -2.08. The van der Waals surface area contributed by atoms with Crippen molar-refractivity contribution in [3.63, 3.8) is 0 Å². The molecule has 1 aliphatic rings. The number of amides is 1. The molecule has 1 heterocycles. The molecule has 2 aromatic rings. The van der Waals surface area contributed by atoms with Gasteiger partial charge in [-0.15, -0.1) is 0 Å². The van der Waals surface area contributed by atoms with Crippen LogP contribution in [0.15, 0.2) is 36.4 Å². The number of sulfone groups is 1. The molecule has 1 aliphatic heterocycles. The molecule has 2 aromatic carbocycles. The molecule has 0 saturated carbocycles. The van der Waals surface area contributed by atoms with Gasteiger partial charge in [0.15, 0.2) is 9.84 Å². The van der Waals surface area contributed by atoms with Crippen LogP contribution in [-0.2, 0) is 14.6 Å². The maximum atomic E-state index is 12.8. The van der Waals surface area contributed by atoms with Crippen LogP contribution >= 0.6 is 0 Å². The second-order valence-corrected chi connectivity index (χ2v) is 8.93. The molecular weight excluding hydrogens is 338 g/mol. The van der Waals surface area contributed by atoms with Gasteiger partial charge in [0.05, 0.1) is 24.5 Å². The summed E-state index contributed by atoms with van der Waals surface area (Å²) in [6.45, 7) is 1.87. The number of benzene rings is 2. The maximum Gasteiger partial charge on any atom is 0.229 e. The van der Waals surface area contributed by atoms with Crippen molar-refractivity contribution < 1.29 is 17.9 Å². The molecule has 0 aliphatic carbocycles. The van der Waals surface area contributed by atoms with Gasteiger partial charge in [0.1, 0.15) is 5.75 Å². The number of hydrogen-bond donors (Lipinski definition) is 0. The Balaban J connectivity index is 1.81. The average Bonchev–Trinajstić information content (AvgIpc) is 2.98. The number of rotatable bonds is 4. The zero-order valence-electron chi connectivity index (χ0n) is 14.7. The summed E-state index contributed by atoms with van der Waals surface area (Å²) in [6, 6.07) is 11.6. The zero-order chi connectivity index (χ0) is 18.2. The number of methoxy groups -OCH3 is 1. The fraction of sp³-hybridized carbons (Fsp3) is 0.421. The van der Waals surface area contributed by atoms with Crippen molar-refractivity contribution in [3.05, 3.63) is 42.0 Å². The second kappa shape index (κ2) is 6.67. The highest BCUT2D eigenvalue weighted by Crippen LogP contribution is 2.27. The van der Waals surface area contributed by atoms with Crippen LogP contribution in [0.5, 0.6) is 5.75 Å². The highest BCUT2D eigenvalue weighted by Gasteiger charge is 2.34. The van der Waals surface area contributed by atoms with E-state index in [1.165, 1.54) is 0 Å². The van der Waals surface area contributed by atoms with Crippen LogP contribution in [0.2, 0.25) is 0 Å². The predicted molar refractivity (Wildman–Crippen MR) is 98.7 cm³/mol. The molecule has 0 aromatic heterocycles. The Bertz CT molecular complexity index is 907. The average molecular weight is 361 g/mol. The lowest BCUT2D eigenvalue weighted by molar-refractivity contribution is -0.132. The van der Waals surface area contributed by atoms with E-state index >= 15 is 0 Å². The molecule has 3 rings (SSSR count). The van der Waals surface area contributed by atoms with Gasteiger partial charge in [0.25, 0.3) is 0 Å². The SMILES string of the molecule is COc1ccc2cc([C@@H](C)C(=O)N(C)[C@H]3CCS(=O)(=O)C3)ccc2c1. The van der Waals surface area contributed by atoms with E-state index < -0.39 is 9.84 Å². The third-order valence-corrected chi connectivity index (χ3v) is 6.80. The molecule has 2 atom stereocenters. The van der Waals surface area contributed by atoms with Gasteiger partial charge in [-0.05, 0) is 41.8 Å². The van der Waals surface area contributed by atoms with Gasteiger partial charge >= 0.3 is 0 Å². The Kier molecular flexibility index (Phi) is 4.73. The lowest BCUT2D eigenvalue weighted by atomic mass is 9.96. The largest absolute Gasteiger partial charge is 0.497 e. The van der Waals surface area contributed by atoms with E-state index in [0.29, 0.717) is 6.42 Å². The van der Waals surface area contributed by atoms with Crippen molar-refractivity contribution in [1.82, 2.24) is 4.90 Å². The summed E-state index contributed by atoms with van der Waals surface area (Å²) in [4.78, 5) is 14.4. The normalized spacial score (nSPS) is 20.4. The lowest BCUT2D eigenvalue weighted by Crippen LogP contribution is -2.40. The summed E-state index contributed by atoms with van der Waals surface area (Å²) in [7, 11) is 0.333. The van der Waals surface area contributed by atoms with Crippen LogP contribution in [0.4, 0.5) is 0 Å². The second-order valence-electron chi connectivity index (χ2n) is 6.70. The maximum absolute atomic E-state index is 12.8. The Morgan fingerprint density at radius 2 is 1.88 bits per heavy atom. The molecule has 1 amide bonds. The summed E-state index contributed by atoms with van der Waals surface area (Å²) in [5.41, 5.74) is 0.926. The van der Waals surface area contributed by atoms with Crippen molar-refractivity contribution in [3.8, 4) is 5.75 Å². The van der Waals surface area contributed by atoms with E-state index in [9.17, 15) is 13.2 Å². The summed E-state index contributed by atoms with van der Waals surface area (Å²) < 4.78 is 28.6. The smallest absolute Gasteiger partial charge is 0.229 e. The van der Waals surface area contributed by atoms with Crippen LogP contribution in [0.3, 0.4) is 0 Å². The number of ether oxygens (including phenoxy) is 1. The topological polar surface area (TPSA) is 63.7 Å². The molecule has 5 nitrogen and oxygen atoms in total. The van der Waals surface area contributed by atoms with Crippen molar-refractivity contribution >= 4 is 26.5 Å². The van der Waals surface area contributed by atoms with Crippen molar-refractivity contribution in [1.29, 1.82) is 0 Å². The number of carbonyl (C=O) groups excluding carboxylic acids is 1. The molecular formula is C19H23NO4S. The number of hydrogen-bond acceptors (Lipinski definition) is 4. The minimum absolute atomic E-state index is 0.0463. The summed E-state index contributed by atoms with van der Waals surface area (Å²) in [6.07, 6.45) is 0.523. The van der Waals surface area contributed by atoms with E-state index in [2.05, 4.69) is 0 Å². The minimum atomic E-state index is -3.01. The molecule has 6 heteroatoms. The first-order valence-corrected chi connectivity index (χ1v) is 10.2. The van der Waals surface area contributed by atoms with Gasteiger partial charge < -0.3 is 9.64 Å². The first-order valence-electron chi connectivity index (χ1n) is 8.35. The number of nitrogens with zero attached hydrogens (tertiary/aromatic N) is 1. The molecule has 0 radical (unpaired) electrons. The number of carbonyl (C=O) groups is 1. The fourth-order valence-corrected chi connectivity index (χ4v) is 5.12. The van der Waals surface area contributed by atoms with Gasteiger partial charge in [-0.1, -0.05) is 24.3 Å². The molecule has 134 valence electrons. The van der Waals surface area contributed by atoms with E-state index in [-0.39, 0.29) is 29.4 Å². The summed E-state index contributed by atoms with van der Waals surface area (Å²) in [5.74, 6) is 0.669. The predicted octanol–water partition coefficient (Wildman–Crippen LogP) is 2.60. The number of likely N-dealkylation sites (N-methyl/N-ethyl adjacent to an activating group) is 1. The molecule has 0 unspecified atom stereocenters. The lowest BCUT2D eigenvalue weighted by Gasteiger charge is -2.27. The molecule has 0 N–H and O–H groups in total. The monoisotopic (exact) mass is 361 g/mol.